The Morgan fingerprint density at radius 3 is 1.50 bits per heavy atom. The van der Waals surface area contributed by atoms with Gasteiger partial charge in [0.15, 0.2) is 16.5 Å². The largest absolute Gasteiger partial charge is 0.359 e. The summed E-state index contributed by atoms with van der Waals surface area (Å²) in [6, 6.07) is 8.36. The van der Waals surface area contributed by atoms with Crippen molar-refractivity contribution in [3.8, 4) is 6.07 Å². The third kappa shape index (κ3) is 5.55. The third-order valence-electron chi connectivity index (χ3n) is 9.70. The van der Waals surface area contributed by atoms with Crippen molar-refractivity contribution in [2.45, 2.75) is 116 Å². The molecule has 0 radical (unpaired) electrons. The van der Waals surface area contributed by atoms with Gasteiger partial charge in [-0.15, -0.1) is 0 Å². The molecule has 0 aliphatic carbocycles. The van der Waals surface area contributed by atoms with Gasteiger partial charge in [-0.2, -0.15) is 5.26 Å². The van der Waals surface area contributed by atoms with Crippen molar-refractivity contribution in [2.24, 2.45) is 0 Å². The number of halogens is 2. The van der Waals surface area contributed by atoms with Gasteiger partial charge in [0.1, 0.15) is 17.4 Å². The number of pyridine rings is 2. The maximum atomic E-state index is 9.45. The lowest BCUT2D eigenvalue weighted by Crippen LogP contribution is -2.51. The van der Waals surface area contributed by atoms with Crippen LogP contribution in [0, 0.1) is 11.3 Å². The molecule has 0 bridgehead atoms. The Hall–Kier alpha value is -1.93. The van der Waals surface area contributed by atoms with Gasteiger partial charge in [0, 0.05) is 23.2 Å². The highest BCUT2D eigenvalue weighted by atomic mass is 79.9. The van der Waals surface area contributed by atoms with Gasteiger partial charge in [-0.1, -0.05) is 94.7 Å². The van der Waals surface area contributed by atoms with E-state index in [0.717, 1.165) is 31.6 Å². The van der Waals surface area contributed by atoms with Gasteiger partial charge in [0.25, 0.3) is 0 Å². The predicted octanol–water partition coefficient (Wildman–Crippen LogP) is 11.4. The molecule has 0 saturated heterocycles. The van der Waals surface area contributed by atoms with Crippen LogP contribution in [0.1, 0.15) is 88.6 Å². The molecule has 0 aromatic carbocycles. The molecule has 42 heavy (non-hydrogen) atoms. The summed E-state index contributed by atoms with van der Waals surface area (Å²) in [7, 11) is -3.58. The van der Waals surface area contributed by atoms with Crippen molar-refractivity contribution in [3.63, 3.8) is 0 Å². The summed E-state index contributed by atoms with van der Waals surface area (Å²) in [5.74, 6) is 0. The first kappa shape index (κ1) is 34.6. The van der Waals surface area contributed by atoms with Crippen LogP contribution in [0.2, 0.25) is 38.3 Å². The first-order valence-electron chi connectivity index (χ1n) is 15.3. The fourth-order valence-corrected chi connectivity index (χ4v) is 22.2. The van der Waals surface area contributed by atoms with Crippen LogP contribution in [0.3, 0.4) is 0 Å². The number of hydrogen-bond donors (Lipinski definition) is 0. The molecule has 0 atom stereocenters. The van der Waals surface area contributed by atoms with E-state index >= 15 is 0 Å². The van der Waals surface area contributed by atoms with E-state index in [0.29, 0.717) is 38.8 Å². The van der Waals surface area contributed by atoms with Crippen molar-refractivity contribution >= 4 is 66.1 Å². The minimum Gasteiger partial charge on any atom is -0.359 e. The number of nitrogens with zero attached hydrogens (tertiary/aromatic N) is 5. The van der Waals surface area contributed by atoms with Gasteiger partial charge in [0.05, 0.1) is 15.1 Å². The monoisotopic (exact) mass is 685 g/mol. The van der Waals surface area contributed by atoms with Gasteiger partial charge in [-0.3, -0.25) is 0 Å². The Morgan fingerprint density at radius 2 is 1.10 bits per heavy atom. The summed E-state index contributed by atoms with van der Waals surface area (Å²) in [5.41, 5.74) is 6.44. The van der Waals surface area contributed by atoms with E-state index in [9.17, 15) is 5.26 Å². The van der Waals surface area contributed by atoms with E-state index in [4.69, 9.17) is 11.6 Å². The number of hydrogen-bond acceptors (Lipinski definition) is 3. The molecule has 4 aromatic rings. The Balaban J connectivity index is 0.000000231. The fraction of sp³-hybridized carbons (Fsp3) is 0.545. The highest BCUT2D eigenvalue weighted by Crippen LogP contribution is 2.45. The molecule has 0 fully saturated rings. The predicted molar refractivity (Wildman–Crippen MR) is 190 cm³/mol. The molecule has 0 spiro atoms. The number of rotatable bonds is 8. The van der Waals surface area contributed by atoms with Crippen molar-refractivity contribution in [1.82, 2.24) is 18.4 Å². The summed E-state index contributed by atoms with van der Waals surface area (Å²) in [6.07, 6.45) is 7.96. The molecule has 5 nitrogen and oxygen atoms in total. The summed E-state index contributed by atoms with van der Waals surface area (Å²) >= 11 is 9.76. The second kappa shape index (κ2) is 13.4. The Morgan fingerprint density at radius 1 is 0.690 bits per heavy atom. The highest BCUT2D eigenvalue weighted by molar-refractivity contribution is 9.10. The van der Waals surface area contributed by atoms with Crippen LogP contribution in [0.5, 0.6) is 0 Å². The van der Waals surface area contributed by atoms with Crippen LogP contribution >= 0.6 is 27.5 Å². The Kier molecular flexibility index (Phi) is 11.0. The maximum Gasteiger partial charge on any atom is 0.171 e. The lowest BCUT2D eigenvalue weighted by atomic mass is 10.2. The smallest absolute Gasteiger partial charge is 0.171 e. The van der Waals surface area contributed by atoms with Gasteiger partial charge in [0.2, 0.25) is 0 Å². The molecule has 4 heterocycles. The molecule has 0 N–H and O–H groups in total. The minimum absolute atomic E-state index is 0.596. The summed E-state index contributed by atoms with van der Waals surface area (Å²) < 4.78 is 5.70. The van der Waals surface area contributed by atoms with Crippen molar-refractivity contribution in [1.29, 1.82) is 5.26 Å². The second-order valence-corrected chi connectivity index (χ2v) is 26.1. The molecule has 0 amide bonds. The third-order valence-corrected chi connectivity index (χ3v) is 24.1. The average Bonchev–Trinajstić information content (AvgIpc) is 3.50. The van der Waals surface area contributed by atoms with E-state index in [1.54, 1.807) is 6.20 Å². The van der Waals surface area contributed by atoms with Crippen LogP contribution in [-0.4, -0.2) is 34.9 Å². The SMILES string of the molecule is CC(C)[Si](C(C)C)(C(C)C)n1ccc2c(C#N)c(Br)cnc21.CC(C)[Si](C(C)C)(C(C)C)n1ccc2c(Cl)ccnc21. The van der Waals surface area contributed by atoms with Crippen LogP contribution in [0.15, 0.2) is 47.5 Å². The Bertz CT molecular complexity index is 1520. The number of aromatic nitrogens is 4. The Labute approximate surface area is 269 Å². The molecule has 4 rings (SSSR count). The molecule has 228 valence electrons. The lowest BCUT2D eigenvalue weighted by Gasteiger charge is -2.44. The van der Waals surface area contributed by atoms with E-state index in [-0.39, 0.29) is 0 Å². The first-order valence-corrected chi connectivity index (χ1v) is 20.8. The minimum atomic E-state index is -1.84. The molecular weight excluding hydrogens is 638 g/mol. The summed E-state index contributed by atoms with van der Waals surface area (Å²) in [6.45, 7) is 28.2. The zero-order valence-corrected chi connectivity index (χ0v) is 31.8. The quantitative estimate of drug-likeness (QED) is 0.173. The number of nitriles is 1. The second-order valence-electron chi connectivity index (χ2n) is 13.4. The molecular formula is C33H49BrClN5Si2. The van der Waals surface area contributed by atoms with Crippen molar-refractivity contribution in [2.75, 3.05) is 0 Å². The normalized spacial score (nSPS) is 12.8. The first-order chi connectivity index (χ1) is 19.6. The molecule has 0 aliphatic heterocycles. The molecule has 0 saturated carbocycles. The summed E-state index contributed by atoms with van der Waals surface area (Å²) in [4.78, 5) is 9.29. The van der Waals surface area contributed by atoms with E-state index in [1.165, 1.54) is 0 Å². The summed E-state index contributed by atoms with van der Waals surface area (Å²) in [5, 5.41) is 12.3. The maximum absolute atomic E-state index is 9.45. The van der Waals surface area contributed by atoms with Crippen LogP contribution in [0.4, 0.5) is 0 Å². The highest BCUT2D eigenvalue weighted by Gasteiger charge is 2.47. The van der Waals surface area contributed by atoms with Crippen molar-refractivity contribution in [3.05, 3.63) is 58.0 Å². The van der Waals surface area contributed by atoms with E-state index < -0.39 is 16.5 Å². The van der Waals surface area contributed by atoms with Crippen LogP contribution in [0.25, 0.3) is 22.1 Å². The molecule has 9 heteroatoms. The topological polar surface area (TPSA) is 59.4 Å². The zero-order valence-electron chi connectivity index (χ0n) is 27.5. The molecule has 0 aliphatic rings. The average molecular weight is 687 g/mol. The van der Waals surface area contributed by atoms with Gasteiger partial charge >= 0.3 is 0 Å². The van der Waals surface area contributed by atoms with Crippen molar-refractivity contribution < 1.29 is 0 Å². The number of fused-ring (bicyclic) bond motifs is 2. The fourth-order valence-electron chi connectivity index (χ4n) is 8.47. The lowest BCUT2D eigenvalue weighted by molar-refractivity contribution is 0.770. The standard InChI is InChI=1S/C17H24BrN3Si.C16H25ClN2Si/c1-11(2)22(12(3)4,13(5)6)21-8-7-14-15(9-19)16(18)10-20-17(14)21;1-11(2)20(12(3)4,13(5)6)19-10-8-14-15(17)7-9-18-16(14)19/h7-8,10-13H,1-6H3;7-13H,1-6H3. The molecule has 4 aromatic heterocycles. The van der Waals surface area contributed by atoms with Gasteiger partial charge in [-0.05, 0) is 79.8 Å². The van der Waals surface area contributed by atoms with Crippen LogP contribution in [-0.2, 0) is 0 Å². The van der Waals surface area contributed by atoms with Gasteiger partial charge < -0.3 is 8.47 Å². The van der Waals surface area contributed by atoms with E-state index in [1.807, 2.05) is 12.3 Å². The van der Waals surface area contributed by atoms with Gasteiger partial charge in [-0.25, -0.2) is 9.97 Å². The van der Waals surface area contributed by atoms with E-state index in [2.05, 4.69) is 148 Å². The molecule has 0 unspecified atom stereocenters. The van der Waals surface area contributed by atoms with Crippen LogP contribution < -0.4 is 0 Å². The zero-order chi connectivity index (χ0) is 31.7.